The number of aromatic nitrogens is 2. The fourth-order valence-corrected chi connectivity index (χ4v) is 3.16. The Labute approximate surface area is 157 Å². The van der Waals surface area contributed by atoms with Crippen LogP contribution in [-0.2, 0) is 17.8 Å². The summed E-state index contributed by atoms with van der Waals surface area (Å²) in [7, 11) is 1.62. The Morgan fingerprint density at radius 3 is 2.93 bits per heavy atom. The van der Waals surface area contributed by atoms with Gasteiger partial charge in [0, 0.05) is 18.3 Å². The number of methoxy groups -OCH3 is 1. The predicted octanol–water partition coefficient (Wildman–Crippen LogP) is 3.13. The number of hydrogen-bond acceptors (Lipinski definition) is 4. The molecule has 0 spiro atoms. The van der Waals surface area contributed by atoms with E-state index in [0.29, 0.717) is 25.4 Å². The van der Waals surface area contributed by atoms with Crippen molar-refractivity contribution >= 4 is 11.7 Å². The molecule has 1 aliphatic heterocycles. The third kappa shape index (κ3) is 3.95. The second-order valence-corrected chi connectivity index (χ2v) is 6.56. The van der Waals surface area contributed by atoms with Crippen LogP contribution in [0, 0.1) is 5.92 Å². The summed E-state index contributed by atoms with van der Waals surface area (Å²) < 4.78 is 12.8. The highest BCUT2D eigenvalue weighted by Gasteiger charge is 2.26. The molecule has 4 rings (SSSR count). The number of amides is 1. The Morgan fingerprint density at radius 1 is 1.26 bits per heavy atom. The number of nitrogens with zero attached hydrogens (tertiary/aromatic N) is 2. The van der Waals surface area contributed by atoms with E-state index < -0.39 is 0 Å². The Bertz CT molecular complexity index is 937. The molecule has 6 nitrogen and oxygen atoms in total. The van der Waals surface area contributed by atoms with Gasteiger partial charge < -0.3 is 14.8 Å². The molecule has 0 bridgehead atoms. The van der Waals surface area contributed by atoms with E-state index in [4.69, 9.17) is 9.47 Å². The maximum absolute atomic E-state index is 12.6. The van der Waals surface area contributed by atoms with Gasteiger partial charge in [0.05, 0.1) is 19.6 Å². The van der Waals surface area contributed by atoms with Crippen LogP contribution in [0.25, 0.3) is 0 Å². The lowest BCUT2D eigenvalue weighted by molar-refractivity contribution is -0.121. The Hall–Kier alpha value is -3.28. The molecule has 1 aliphatic rings. The van der Waals surface area contributed by atoms with Crippen molar-refractivity contribution in [3.63, 3.8) is 0 Å². The van der Waals surface area contributed by atoms with Crippen LogP contribution in [0.5, 0.6) is 11.5 Å². The van der Waals surface area contributed by atoms with Gasteiger partial charge in [-0.15, -0.1) is 0 Å². The minimum Gasteiger partial charge on any atom is -0.497 e. The first kappa shape index (κ1) is 17.1. The quantitative estimate of drug-likeness (QED) is 0.756. The molecule has 0 radical (unpaired) electrons. The minimum atomic E-state index is -0.245. The molecular weight excluding hydrogens is 342 g/mol. The summed E-state index contributed by atoms with van der Waals surface area (Å²) >= 11 is 0. The summed E-state index contributed by atoms with van der Waals surface area (Å²) in [4.78, 5) is 12.6. The summed E-state index contributed by atoms with van der Waals surface area (Å²) in [5, 5.41) is 7.33. The van der Waals surface area contributed by atoms with Crippen LogP contribution in [0.3, 0.4) is 0 Å². The standard InChI is InChI=1S/C21H21N3O3/c1-26-18-8-7-16-11-17(14-27-19(16)12-18)21(25)22-20-9-10-24(23-20)13-15-5-3-2-4-6-15/h2-10,12,17H,11,13-14H2,1H3,(H,22,23,25)/t17-/m0/s1. The number of ether oxygens (including phenoxy) is 2. The van der Waals surface area contributed by atoms with Crippen LogP contribution >= 0.6 is 0 Å². The molecule has 1 atom stereocenters. The van der Waals surface area contributed by atoms with Gasteiger partial charge in [0.15, 0.2) is 5.82 Å². The average Bonchev–Trinajstić information content (AvgIpc) is 3.14. The van der Waals surface area contributed by atoms with Crippen molar-refractivity contribution in [3.8, 4) is 11.5 Å². The first-order chi connectivity index (χ1) is 13.2. The maximum atomic E-state index is 12.6. The van der Waals surface area contributed by atoms with E-state index in [2.05, 4.69) is 10.4 Å². The number of nitrogens with one attached hydrogen (secondary N) is 1. The summed E-state index contributed by atoms with van der Waals surface area (Å²) in [6.45, 7) is 1.01. The predicted molar refractivity (Wildman–Crippen MR) is 102 cm³/mol. The molecule has 1 amide bonds. The fraction of sp³-hybridized carbons (Fsp3) is 0.238. The minimum absolute atomic E-state index is 0.0820. The molecule has 2 aromatic carbocycles. The number of benzene rings is 2. The molecule has 3 aromatic rings. The van der Waals surface area contributed by atoms with Crippen LogP contribution in [0.4, 0.5) is 5.82 Å². The number of carbonyl (C=O) groups excluding carboxylic acids is 1. The second kappa shape index (κ2) is 7.53. The van der Waals surface area contributed by atoms with Gasteiger partial charge in [-0.05, 0) is 23.6 Å². The van der Waals surface area contributed by atoms with E-state index in [9.17, 15) is 4.79 Å². The summed E-state index contributed by atoms with van der Waals surface area (Å²) in [5.41, 5.74) is 2.17. The Morgan fingerprint density at radius 2 is 2.11 bits per heavy atom. The van der Waals surface area contributed by atoms with Gasteiger partial charge in [-0.1, -0.05) is 36.4 Å². The number of fused-ring (bicyclic) bond motifs is 1. The summed E-state index contributed by atoms with van der Waals surface area (Å²) in [6.07, 6.45) is 2.50. The third-order valence-corrected chi connectivity index (χ3v) is 4.63. The van der Waals surface area contributed by atoms with Gasteiger partial charge in [0.1, 0.15) is 18.1 Å². The van der Waals surface area contributed by atoms with E-state index in [1.54, 1.807) is 7.11 Å². The molecule has 1 N–H and O–H groups in total. The summed E-state index contributed by atoms with van der Waals surface area (Å²) in [6, 6.07) is 17.6. The first-order valence-electron chi connectivity index (χ1n) is 8.89. The van der Waals surface area contributed by atoms with E-state index in [1.807, 2.05) is 65.5 Å². The molecule has 138 valence electrons. The Kier molecular flexibility index (Phi) is 4.78. The SMILES string of the molecule is COc1ccc2c(c1)OC[C@@H](C(=O)Nc1ccn(Cc3ccccc3)n1)C2. The van der Waals surface area contributed by atoms with Gasteiger partial charge in [0.2, 0.25) is 5.91 Å². The highest BCUT2D eigenvalue weighted by atomic mass is 16.5. The monoisotopic (exact) mass is 363 g/mol. The van der Waals surface area contributed by atoms with Crippen LogP contribution in [0.2, 0.25) is 0 Å². The fourth-order valence-electron chi connectivity index (χ4n) is 3.16. The van der Waals surface area contributed by atoms with E-state index in [1.165, 1.54) is 0 Å². The highest BCUT2D eigenvalue weighted by Crippen LogP contribution is 2.31. The molecule has 27 heavy (non-hydrogen) atoms. The molecule has 0 saturated carbocycles. The van der Waals surface area contributed by atoms with E-state index >= 15 is 0 Å². The molecule has 0 unspecified atom stereocenters. The van der Waals surface area contributed by atoms with Crippen molar-refractivity contribution in [2.45, 2.75) is 13.0 Å². The molecule has 0 aliphatic carbocycles. The number of carbonyl (C=O) groups is 1. The molecule has 6 heteroatoms. The van der Waals surface area contributed by atoms with E-state index in [-0.39, 0.29) is 11.8 Å². The Balaban J connectivity index is 1.38. The van der Waals surface area contributed by atoms with Crippen LogP contribution in [0.1, 0.15) is 11.1 Å². The van der Waals surface area contributed by atoms with Crippen molar-refractivity contribution in [2.24, 2.45) is 5.92 Å². The van der Waals surface area contributed by atoms with Crippen molar-refractivity contribution < 1.29 is 14.3 Å². The van der Waals surface area contributed by atoms with Crippen molar-refractivity contribution in [1.82, 2.24) is 9.78 Å². The van der Waals surface area contributed by atoms with Crippen LogP contribution in [-0.4, -0.2) is 29.4 Å². The largest absolute Gasteiger partial charge is 0.497 e. The van der Waals surface area contributed by atoms with Gasteiger partial charge >= 0.3 is 0 Å². The molecule has 1 aromatic heterocycles. The van der Waals surface area contributed by atoms with E-state index in [0.717, 1.165) is 22.6 Å². The molecule has 0 fully saturated rings. The number of hydrogen-bond donors (Lipinski definition) is 1. The number of rotatable bonds is 5. The third-order valence-electron chi connectivity index (χ3n) is 4.63. The number of anilines is 1. The van der Waals surface area contributed by atoms with Gasteiger partial charge in [-0.3, -0.25) is 9.48 Å². The van der Waals surface area contributed by atoms with Crippen LogP contribution in [0.15, 0.2) is 60.8 Å². The molecular formula is C21H21N3O3. The normalized spacial score (nSPS) is 15.5. The summed E-state index contributed by atoms with van der Waals surface area (Å²) in [5.74, 6) is 1.76. The van der Waals surface area contributed by atoms with Crippen molar-refractivity contribution in [3.05, 3.63) is 71.9 Å². The van der Waals surface area contributed by atoms with Gasteiger partial charge in [0.25, 0.3) is 0 Å². The molecule has 2 heterocycles. The first-order valence-corrected chi connectivity index (χ1v) is 8.89. The topological polar surface area (TPSA) is 65.4 Å². The zero-order chi connectivity index (χ0) is 18.6. The van der Waals surface area contributed by atoms with Gasteiger partial charge in [-0.25, -0.2) is 0 Å². The lowest BCUT2D eigenvalue weighted by atomic mass is 9.96. The maximum Gasteiger partial charge on any atom is 0.232 e. The zero-order valence-electron chi connectivity index (χ0n) is 15.1. The van der Waals surface area contributed by atoms with Crippen LogP contribution < -0.4 is 14.8 Å². The smallest absolute Gasteiger partial charge is 0.232 e. The average molecular weight is 363 g/mol. The zero-order valence-corrected chi connectivity index (χ0v) is 15.1. The molecule has 0 saturated heterocycles. The van der Waals surface area contributed by atoms with Crippen molar-refractivity contribution in [1.29, 1.82) is 0 Å². The lowest BCUT2D eigenvalue weighted by Crippen LogP contribution is -2.32. The van der Waals surface area contributed by atoms with Gasteiger partial charge in [-0.2, -0.15) is 5.10 Å². The highest BCUT2D eigenvalue weighted by molar-refractivity contribution is 5.92. The lowest BCUT2D eigenvalue weighted by Gasteiger charge is -2.24. The van der Waals surface area contributed by atoms with Crippen molar-refractivity contribution in [2.75, 3.05) is 19.0 Å². The second-order valence-electron chi connectivity index (χ2n) is 6.56.